The molecule has 5 nitrogen and oxygen atoms in total. The molecule has 5 heteroatoms. The molecular formula is C22H15N5. The molecule has 0 amide bonds. The molecule has 128 valence electrons. The number of para-hydroxylation sites is 1. The van der Waals surface area contributed by atoms with Gasteiger partial charge in [-0.2, -0.15) is 5.10 Å². The van der Waals surface area contributed by atoms with E-state index in [9.17, 15) is 0 Å². The smallest absolute Gasteiger partial charge is 0.160 e. The summed E-state index contributed by atoms with van der Waals surface area (Å²) in [5, 5.41) is 4.77. The van der Waals surface area contributed by atoms with Crippen LogP contribution in [0.4, 0.5) is 0 Å². The lowest BCUT2D eigenvalue weighted by Crippen LogP contribution is -1.98. The third-order valence-corrected chi connectivity index (χ3v) is 4.40. The molecular weight excluding hydrogens is 334 g/mol. The number of hydrogen-bond acceptors (Lipinski definition) is 4. The van der Waals surface area contributed by atoms with E-state index >= 15 is 0 Å². The van der Waals surface area contributed by atoms with E-state index in [0.29, 0.717) is 5.82 Å². The highest BCUT2D eigenvalue weighted by atomic mass is 15.3. The zero-order valence-corrected chi connectivity index (χ0v) is 14.4. The second-order valence-electron chi connectivity index (χ2n) is 6.13. The minimum atomic E-state index is 0.662. The molecule has 3 heterocycles. The molecule has 0 spiro atoms. The van der Waals surface area contributed by atoms with E-state index in [2.05, 4.69) is 22.1 Å². The van der Waals surface area contributed by atoms with Crippen LogP contribution in [0.25, 0.3) is 39.4 Å². The summed E-state index contributed by atoms with van der Waals surface area (Å²) < 4.78 is 1.94. The Balaban J connectivity index is 1.80. The minimum absolute atomic E-state index is 0.662. The van der Waals surface area contributed by atoms with Gasteiger partial charge in [0.2, 0.25) is 0 Å². The van der Waals surface area contributed by atoms with E-state index in [-0.39, 0.29) is 0 Å². The van der Waals surface area contributed by atoms with Crippen molar-refractivity contribution < 1.29 is 0 Å². The Hall–Kier alpha value is -3.86. The van der Waals surface area contributed by atoms with E-state index in [4.69, 9.17) is 10.1 Å². The molecule has 0 aliphatic carbocycles. The number of aromatic nitrogens is 5. The first-order valence-corrected chi connectivity index (χ1v) is 8.67. The van der Waals surface area contributed by atoms with Crippen LogP contribution in [-0.2, 0) is 0 Å². The summed E-state index contributed by atoms with van der Waals surface area (Å²) in [7, 11) is 0. The van der Waals surface area contributed by atoms with Gasteiger partial charge in [0.25, 0.3) is 0 Å². The lowest BCUT2D eigenvalue weighted by Gasteiger charge is -2.07. The van der Waals surface area contributed by atoms with Crippen LogP contribution in [0.2, 0.25) is 0 Å². The van der Waals surface area contributed by atoms with Crippen LogP contribution in [0, 0.1) is 0 Å². The Morgan fingerprint density at radius 1 is 0.704 bits per heavy atom. The molecule has 2 aromatic carbocycles. The average molecular weight is 349 g/mol. The van der Waals surface area contributed by atoms with Gasteiger partial charge >= 0.3 is 0 Å². The second kappa shape index (κ2) is 6.46. The molecule has 0 N–H and O–H groups in total. The van der Waals surface area contributed by atoms with Crippen molar-refractivity contribution in [1.82, 2.24) is 24.7 Å². The van der Waals surface area contributed by atoms with E-state index < -0.39 is 0 Å². The van der Waals surface area contributed by atoms with E-state index in [1.165, 1.54) is 0 Å². The molecule has 0 fully saturated rings. The third kappa shape index (κ3) is 2.75. The molecule has 27 heavy (non-hydrogen) atoms. The molecule has 0 atom stereocenters. The first kappa shape index (κ1) is 15.4. The number of nitrogens with zero attached hydrogens (tertiary/aromatic N) is 5. The fraction of sp³-hybridized carbons (Fsp3) is 0. The molecule has 0 aliphatic rings. The Morgan fingerprint density at radius 2 is 1.41 bits per heavy atom. The van der Waals surface area contributed by atoms with Crippen LogP contribution in [0.1, 0.15) is 0 Å². The lowest BCUT2D eigenvalue weighted by molar-refractivity contribution is 0.903. The van der Waals surface area contributed by atoms with Gasteiger partial charge in [-0.1, -0.05) is 48.5 Å². The standard InChI is InChI=1S/C22H15N5/c1-3-7-16(8-4-1)21-20-19(26-27(21)18-9-5-2-6-10-18)15-24-22(25-20)17-11-13-23-14-12-17/h1-15H. The topological polar surface area (TPSA) is 56.5 Å². The molecule has 5 aromatic rings. The van der Waals surface area contributed by atoms with Crippen molar-refractivity contribution in [2.24, 2.45) is 0 Å². The lowest BCUT2D eigenvalue weighted by atomic mass is 10.1. The van der Waals surface area contributed by atoms with Gasteiger partial charge in [0, 0.05) is 23.5 Å². The predicted octanol–water partition coefficient (Wildman–Crippen LogP) is 4.54. The zero-order valence-electron chi connectivity index (χ0n) is 14.4. The number of pyridine rings is 1. The minimum Gasteiger partial charge on any atom is -0.265 e. The van der Waals surface area contributed by atoms with Crippen molar-refractivity contribution in [1.29, 1.82) is 0 Å². The molecule has 5 rings (SSSR count). The van der Waals surface area contributed by atoms with E-state index in [0.717, 1.165) is 33.5 Å². The highest BCUT2D eigenvalue weighted by molar-refractivity contribution is 5.91. The first-order valence-electron chi connectivity index (χ1n) is 8.67. The van der Waals surface area contributed by atoms with Gasteiger partial charge in [-0.25, -0.2) is 14.6 Å². The van der Waals surface area contributed by atoms with Gasteiger partial charge in [0.15, 0.2) is 5.82 Å². The van der Waals surface area contributed by atoms with Crippen LogP contribution in [0.3, 0.4) is 0 Å². The largest absolute Gasteiger partial charge is 0.265 e. The fourth-order valence-electron chi connectivity index (χ4n) is 3.13. The Bertz CT molecular complexity index is 1200. The third-order valence-electron chi connectivity index (χ3n) is 4.40. The van der Waals surface area contributed by atoms with Crippen molar-refractivity contribution in [3.8, 4) is 28.3 Å². The fourth-order valence-corrected chi connectivity index (χ4v) is 3.13. The summed E-state index contributed by atoms with van der Waals surface area (Å²) in [5.41, 5.74) is 5.51. The van der Waals surface area contributed by atoms with Crippen LogP contribution in [0.5, 0.6) is 0 Å². The summed E-state index contributed by atoms with van der Waals surface area (Å²) >= 11 is 0. The Labute approximate surface area is 156 Å². The first-order chi connectivity index (χ1) is 13.4. The van der Waals surface area contributed by atoms with Crippen LogP contribution in [-0.4, -0.2) is 24.7 Å². The summed E-state index contributed by atoms with van der Waals surface area (Å²) in [5.74, 6) is 0.662. The van der Waals surface area contributed by atoms with Crippen molar-refractivity contribution in [3.63, 3.8) is 0 Å². The Morgan fingerprint density at radius 3 is 2.15 bits per heavy atom. The van der Waals surface area contributed by atoms with Crippen molar-refractivity contribution >= 4 is 11.0 Å². The highest BCUT2D eigenvalue weighted by Crippen LogP contribution is 2.30. The van der Waals surface area contributed by atoms with E-state index in [1.807, 2.05) is 65.3 Å². The second-order valence-corrected chi connectivity index (χ2v) is 6.13. The van der Waals surface area contributed by atoms with Crippen molar-refractivity contribution in [2.75, 3.05) is 0 Å². The van der Waals surface area contributed by atoms with Crippen molar-refractivity contribution in [3.05, 3.63) is 91.4 Å². The zero-order chi connectivity index (χ0) is 18.1. The predicted molar refractivity (Wildman–Crippen MR) is 105 cm³/mol. The maximum atomic E-state index is 4.85. The molecule has 0 unspecified atom stereocenters. The summed E-state index contributed by atoms with van der Waals surface area (Å²) in [4.78, 5) is 13.4. The monoisotopic (exact) mass is 349 g/mol. The van der Waals surface area contributed by atoms with Gasteiger partial charge in [0.1, 0.15) is 16.7 Å². The highest BCUT2D eigenvalue weighted by Gasteiger charge is 2.17. The summed E-state index contributed by atoms with van der Waals surface area (Å²) in [6.07, 6.45) is 5.27. The SMILES string of the molecule is c1ccc(-c2c3nc(-c4ccncc4)ncc3nn2-c2ccccc2)cc1. The van der Waals surface area contributed by atoms with Gasteiger partial charge < -0.3 is 0 Å². The molecule has 0 saturated heterocycles. The Kier molecular flexibility index (Phi) is 3.68. The number of benzene rings is 2. The maximum absolute atomic E-state index is 4.85. The summed E-state index contributed by atoms with van der Waals surface area (Å²) in [6.45, 7) is 0. The molecule has 0 radical (unpaired) electrons. The number of hydrogen-bond donors (Lipinski definition) is 0. The van der Waals surface area contributed by atoms with Gasteiger partial charge in [-0.05, 0) is 24.3 Å². The number of rotatable bonds is 3. The summed E-state index contributed by atoms with van der Waals surface area (Å²) in [6, 6.07) is 24.1. The maximum Gasteiger partial charge on any atom is 0.160 e. The molecule has 0 aliphatic heterocycles. The quantitative estimate of drug-likeness (QED) is 0.480. The molecule has 0 bridgehead atoms. The van der Waals surface area contributed by atoms with E-state index in [1.54, 1.807) is 18.6 Å². The van der Waals surface area contributed by atoms with Gasteiger partial charge in [-0.3, -0.25) is 4.98 Å². The number of fused-ring (bicyclic) bond motifs is 1. The van der Waals surface area contributed by atoms with Crippen LogP contribution < -0.4 is 0 Å². The molecule has 3 aromatic heterocycles. The molecule has 0 saturated carbocycles. The van der Waals surface area contributed by atoms with Crippen LogP contribution >= 0.6 is 0 Å². The average Bonchev–Trinajstić information content (AvgIpc) is 3.14. The van der Waals surface area contributed by atoms with Crippen molar-refractivity contribution in [2.45, 2.75) is 0 Å². The normalized spacial score (nSPS) is 11.0. The van der Waals surface area contributed by atoms with Gasteiger partial charge in [0.05, 0.1) is 11.9 Å². The van der Waals surface area contributed by atoms with Crippen LogP contribution in [0.15, 0.2) is 91.4 Å². The van der Waals surface area contributed by atoms with Gasteiger partial charge in [-0.15, -0.1) is 0 Å².